The summed E-state index contributed by atoms with van der Waals surface area (Å²) in [5.74, 6) is -2.72. The van der Waals surface area contributed by atoms with Gasteiger partial charge in [-0.3, -0.25) is 14.4 Å². The quantitative estimate of drug-likeness (QED) is 0.0707. The van der Waals surface area contributed by atoms with Crippen molar-refractivity contribution in [3.63, 3.8) is 0 Å². The van der Waals surface area contributed by atoms with Crippen LogP contribution in [0.15, 0.2) is 72.8 Å². The molecule has 0 bridgehead atoms. The minimum Gasteiger partial charge on any atom is -0.465 e. The molecule has 0 aromatic heterocycles. The summed E-state index contributed by atoms with van der Waals surface area (Å²) in [6.07, 6.45) is 0.466. The first-order chi connectivity index (χ1) is 28.7. The maximum Gasteiger partial charge on any atom is 0.338 e. The maximum atomic E-state index is 13.1. The van der Waals surface area contributed by atoms with E-state index in [0.29, 0.717) is 42.7 Å². The first kappa shape index (κ1) is 48.3. The van der Waals surface area contributed by atoms with E-state index in [4.69, 9.17) is 28.4 Å². The molecule has 0 radical (unpaired) electrons. The molecular weight excluding hydrogens is 775 g/mol. The Balaban J connectivity index is 1.61. The fourth-order valence-corrected chi connectivity index (χ4v) is 5.71. The molecule has 326 valence electrons. The smallest absolute Gasteiger partial charge is 0.338 e. The minimum absolute atomic E-state index is 0.0374. The van der Waals surface area contributed by atoms with Crippen molar-refractivity contribution in [1.82, 2.24) is 0 Å². The molecule has 0 saturated heterocycles. The Bertz CT molecular complexity index is 1640. The lowest BCUT2D eigenvalue weighted by Crippen LogP contribution is -2.39. The van der Waals surface area contributed by atoms with E-state index in [-0.39, 0.29) is 58.9 Å². The molecule has 15 heteroatoms. The van der Waals surface area contributed by atoms with Crippen molar-refractivity contribution in [3.8, 4) is 0 Å². The van der Waals surface area contributed by atoms with Crippen LogP contribution in [0.5, 0.6) is 0 Å². The zero-order valence-corrected chi connectivity index (χ0v) is 35.9. The number of ether oxygens (including phenoxy) is 6. The van der Waals surface area contributed by atoms with Crippen molar-refractivity contribution in [2.24, 2.45) is 5.41 Å². The average molecular weight is 834 g/mol. The standard InChI is InChI=1S/C45H59N3O12/c1-8-45(30-58-39(49)24-27-46(5)36-18-12-33(13-19-36)42(52)55-9-2,31-59-40(50)25-28-47(6)37-20-14-34(15-21-37)43(53)56-10-3)32-60-41(51)26-29-48(7)38-22-16-35(17-23-38)44(54)57-11-4/h12-23H,8-11,24-32H2,1-7H3. The number of anilines is 3. The van der Waals surface area contributed by atoms with Crippen LogP contribution >= 0.6 is 0 Å². The third-order valence-corrected chi connectivity index (χ3v) is 9.78. The highest BCUT2D eigenvalue weighted by molar-refractivity contribution is 5.91. The minimum atomic E-state index is -1.03. The van der Waals surface area contributed by atoms with Gasteiger partial charge in [-0.1, -0.05) is 6.92 Å². The van der Waals surface area contributed by atoms with Crippen LogP contribution in [0.25, 0.3) is 0 Å². The summed E-state index contributed by atoms with van der Waals surface area (Å²) in [6, 6.07) is 20.5. The second kappa shape index (κ2) is 24.7. The second-order valence-electron chi connectivity index (χ2n) is 14.2. The van der Waals surface area contributed by atoms with Gasteiger partial charge in [0.2, 0.25) is 0 Å². The van der Waals surface area contributed by atoms with Crippen molar-refractivity contribution >= 4 is 52.9 Å². The molecule has 3 aromatic rings. The predicted octanol–water partition coefficient (Wildman–Crippen LogP) is 6.12. The molecule has 0 heterocycles. The van der Waals surface area contributed by atoms with E-state index >= 15 is 0 Å². The van der Waals surface area contributed by atoms with Crippen LogP contribution in [-0.2, 0) is 42.8 Å². The Kier molecular flexibility index (Phi) is 19.9. The molecule has 0 saturated carbocycles. The van der Waals surface area contributed by atoms with Gasteiger partial charge in [0.1, 0.15) is 19.8 Å². The Morgan fingerprint density at radius 2 is 0.667 bits per heavy atom. The number of carbonyl (C=O) groups excluding carboxylic acids is 6. The molecule has 3 rings (SSSR count). The van der Waals surface area contributed by atoms with Gasteiger partial charge in [-0.05, 0) is 100.0 Å². The fraction of sp³-hybridized carbons (Fsp3) is 0.467. The summed E-state index contributed by atoms with van der Waals surface area (Å²) in [7, 11) is 5.44. The summed E-state index contributed by atoms with van der Waals surface area (Å²) < 4.78 is 32.3. The lowest BCUT2D eigenvalue weighted by atomic mass is 9.88. The Morgan fingerprint density at radius 3 is 0.883 bits per heavy atom. The molecule has 0 aliphatic carbocycles. The number of rotatable bonds is 25. The Morgan fingerprint density at radius 1 is 0.417 bits per heavy atom. The fourth-order valence-electron chi connectivity index (χ4n) is 5.71. The molecule has 3 aromatic carbocycles. The number of carbonyl (C=O) groups is 6. The number of hydrogen-bond acceptors (Lipinski definition) is 15. The van der Waals surface area contributed by atoms with E-state index < -0.39 is 41.2 Å². The molecule has 0 spiro atoms. The first-order valence-electron chi connectivity index (χ1n) is 20.2. The van der Waals surface area contributed by atoms with Crippen molar-refractivity contribution < 1.29 is 57.2 Å². The van der Waals surface area contributed by atoms with Crippen LogP contribution < -0.4 is 14.7 Å². The highest BCUT2D eigenvalue weighted by Crippen LogP contribution is 2.26. The normalized spacial score (nSPS) is 10.8. The average Bonchev–Trinajstić information content (AvgIpc) is 3.26. The topological polar surface area (TPSA) is 168 Å². The third-order valence-electron chi connectivity index (χ3n) is 9.78. The number of nitrogens with zero attached hydrogens (tertiary/aromatic N) is 3. The van der Waals surface area contributed by atoms with Crippen LogP contribution in [0.4, 0.5) is 17.1 Å². The largest absolute Gasteiger partial charge is 0.465 e. The molecule has 0 aliphatic heterocycles. The molecular formula is C45H59N3O12. The number of esters is 6. The maximum absolute atomic E-state index is 13.1. The van der Waals surface area contributed by atoms with Crippen LogP contribution in [0, 0.1) is 5.41 Å². The van der Waals surface area contributed by atoms with Crippen LogP contribution in [0.3, 0.4) is 0 Å². The van der Waals surface area contributed by atoms with E-state index in [0.717, 1.165) is 17.1 Å². The van der Waals surface area contributed by atoms with Gasteiger partial charge in [-0.25, -0.2) is 14.4 Å². The Labute approximate surface area is 352 Å². The second-order valence-corrected chi connectivity index (χ2v) is 14.2. The molecule has 0 unspecified atom stereocenters. The summed E-state index contributed by atoms with van der Waals surface area (Å²) >= 11 is 0. The molecule has 0 N–H and O–H groups in total. The van der Waals surface area contributed by atoms with Gasteiger partial charge in [0, 0.05) is 57.8 Å². The number of benzene rings is 3. The van der Waals surface area contributed by atoms with Gasteiger partial charge in [0.05, 0.1) is 61.2 Å². The van der Waals surface area contributed by atoms with Crippen molar-refractivity contribution in [2.45, 2.75) is 53.4 Å². The van der Waals surface area contributed by atoms with Gasteiger partial charge in [-0.2, -0.15) is 0 Å². The van der Waals surface area contributed by atoms with Crippen molar-refractivity contribution in [3.05, 3.63) is 89.5 Å². The molecule has 0 fully saturated rings. The zero-order chi connectivity index (χ0) is 44.1. The van der Waals surface area contributed by atoms with Crippen LogP contribution in [0.1, 0.15) is 84.5 Å². The van der Waals surface area contributed by atoms with E-state index in [9.17, 15) is 28.8 Å². The van der Waals surface area contributed by atoms with Gasteiger partial charge < -0.3 is 43.1 Å². The van der Waals surface area contributed by atoms with Gasteiger partial charge >= 0.3 is 35.8 Å². The lowest BCUT2D eigenvalue weighted by Gasteiger charge is -2.31. The van der Waals surface area contributed by atoms with Crippen LogP contribution in [-0.4, -0.2) is 116 Å². The molecule has 15 nitrogen and oxygen atoms in total. The van der Waals surface area contributed by atoms with Gasteiger partial charge in [-0.15, -0.1) is 0 Å². The monoisotopic (exact) mass is 833 g/mol. The zero-order valence-electron chi connectivity index (χ0n) is 35.9. The van der Waals surface area contributed by atoms with E-state index in [1.807, 2.05) is 42.8 Å². The summed E-state index contributed by atoms with van der Waals surface area (Å²) in [6.45, 7) is 8.33. The predicted molar refractivity (Wildman–Crippen MR) is 226 cm³/mol. The summed E-state index contributed by atoms with van der Waals surface area (Å²) in [5, 5.41) is 0. The van der Waals surface area contributed by atoms with E-state index in [1.165, 1.54) is 0 Å². The SMILES string of the molecule is CCOC(=O)c1ccc(N(C)CCC(=O)OCC(CC)(COC(=O)CCN(C)c2ccc(C(=O)OCC)cc2)COC(=O)CCN(C)c2ccc(C(=O)OCC)cc2)cc1. The third kappa shape index (κ3) is 15.6. The number of hydrogen-bond donors (Lipinski definition) is 0. The Hall–Kier alpha value is -6.12. The summed E-state index contributed by atoms with van der Waals surface area (Å²) in [5.41, 5.74) is 2.61. The highest BCUT2D eigenvalue weighted by Gasteiger charge is 2.34. The first-order valence-corrected chi connectivity index (χ1v) is 20.2. The van der Waals surface area contributed by atoms with Crippen LogP contribution in [0.2, 0.25) is 0 Å². The molecule has 0 atom stereocenters. The van der Waals surface area contributed by atoms with Gasteiger partial charge in [0.15, 0.2) is 0 Å². The lowest BCUT2D eigenvalue weighted by molar-refractivity contribution is -0.162. The summed E-state index contributed by atoms with van der Waals surface area (Å²) in [4.78, 5) is 80.8. The van der Waals surface area contributed by atoms with Crippen molar-refractivity contribution in [2.75, 3.05) is 95.1 Å². The van der Waals surface area contributed by atoms with Gasteiger partial charge in [0.25, 0.3) is 0 Å². The van der Waals surface area contributed by atoms with Crippen molar-refractivity contribution in [1.29, 1.82) is 0 Å². The molecule has 0 amide bonds. The van der Waals surface area contributed by atoms with E-state index in [1.54, 1.807) is 93.6 Å². The molecule has 60 heavy (non-hydrogen) atoms. The highest BCUT2D eigenvalue weighted by atomic mass is 16.6. The molecule has 0 aliphatic rings. The van der Waals surface area contributed by atoms with E-state index in [2.05, 4.69) is 0 Å².